The lowest BCUT2D eigenvalue weighted by Crippen LogP contribution is -2.36. The van der Waals surface area contributed by atoms with Crippen LogP contribution >= 0.6 is 0 Å². The molecule has 1 rings (SSSR count). The maximum Gasteiger partial charge on any atom is 0.410 e. The Morgan fingerprint density at radius 1 is 1.07 bits per heavy atom. The van der Waals surface area contributed by atoms with E-state index in [4.69, 9.17) is 14.2 Å². The number of amides is 1. The summed E-state index contributed by atoms with van der Waals surface area (Å²) in [5.41, 5.74) is 0.970. The van der Waals surface area contributed by atoms with Gasteiger partial charge >= 0.3 is 12.1 Å². The summed E-state index contributed by atoms with van der Waals surface area (Å²) in [4.78, 5) is 25.3. The Labute approximate surface area is 168 Å². The second kappa shape index (κ2) is 12.2. The van der Waals surface area contributed by atoms with Gasteiger partial charge in [-0.05, 0) is 51.5 Å². The third-order valence-corrected chi connectivity index (χ3v) is 3.72. The van der Waals surface area contributed by atoms with Crippen LogP contribution in [0.5, 0.6) is 0 Å². The first-order valence-electron chi connectivity index (χ1n) is 9.76. The topological polar surface area (TPSA) is 77.1 Å². The number of benzene rings is 1. The Kier molecular flexibility index (Phi) is 10.4. The number of likely N-dealkylation sites (N-methyl/N-ethyl adjacent to an activating group) is 1. The molecule has 0 saturated heterocycles. The van der Waals surface area contributed by atoms with Crippen LogP contribution in [0.25, 0.3) is 0 Å². The second-order valence-corrected chi connectivity index (χ2v) is 7.51. The molecule has 0 saturated carbocycles. The van der Waals surface area contributed by atoms with Gasteiger partial charge < -0.3 is 24.4 Å². The van der Waals surface area contributed by atoms with E-state index in [1.54, 1.807) is 19.2 Å². The minimum atomic E-state index is -0.524. The summed E-state index contributed by atoms with van der Waals surface area (Å²) in [5, 5.41) is 3.30. The molecule has 0 radical (unpaired) electrons. The summed E-state index contributed by atoms with van der Waals surface area (Å²) in [7, 11) is 1.65. The van der Waals surface area contributed by atoms with Gasteiger partial charge in [0.05, 0.1) is 18.8 Å². The van der Waals surface area contributed by atoms with Gasteiger partial charge in [-0.25, -0.2) is 9.59 Å². The Morgan fingerprint density at radius 3 is 2.36 bits per heavy atom. The third-order valence-electron chi connectivity index (χ3n) is 3.72. The Balaban J connectivity index is 2.18. The summed E-state index contributed by atoms with van der Waals surface area (Å²) >= 11 is 0. The van der Waals surface area contributed by atoms with E-state index in [1.165, 1.54) is 4.90 Å². The number of nitrogens with one attached hydrogen (secondary N) is 1. The maximum absolute atomic E-state index is 12.0. The standard InChI is InChI=1S/C21H34N2O5/c1-6-7-12-22-18-10-8-17(9-11-18)19(24)27-16-15-26-14-13-23(5)20(25)28-21(2,3)4/h8-11,22H,6-7,12-16H2,1-5H3. The van der Waals surface area contributed by atoms with Crippen LogP contribution in [0, 0.1) is 0 Å². The molecule has 158 valence electrons. The van der Waals surface area contributed by atoms with Gasteiger partial charge in [-0.1, -0.05) is 13.3 Å². The number of anilines is 1. The number of ether oxygens (including phenoxy) is 3. The normalized spacial score (nSPS) is 11.0. The highest BCUT2D eigenvalue weighted by atomic mass is 16.6. The van der Waals surface area contributed by atoms with E-state index in [0.717, 1.165) is 25.1 Å². The number of esters is 1. The van der Waals surface area contributed by atoms with Crippen molar-refractivity contribution in [3.8, 4) is 0 Å². The second-order valence-electron chi connectivity index (χ2n) is 7.51. The minimum absolute atomic E-state index is 0.158. The largest absolute Gasteiger partial charge is 0.460 e. The van der Waals surface area contributed by atoms with Crippen LogP contribution in [0.2, 0.25) is 0 Å². The van der Waals surface area contributed by atoms with Crippen LogP contribution in [-0.2, 0) is 14.2 Å². The summed E-state index contributed by atoms with van der Waals surface area (Å²) in [6, 6.07) is 7.23. The monoisotopic (exact) mass is 394 g/mol. The van der Waals surface area contributed by atoms with Gasteiger partial charge in [0.2, 0.25) is 0 Å². The number of rotatable bonds is 11. The molecular weight excluding hydrogens is 360 g/mol. The fraction of sp³-hybridized carbons (Fsp3) is 0.619. The zero-order valence-electron chi connectivity index (χ0n) is 17.7. The van der Waals surface area contributed by atoms with Crippen molar-refractivity contribution < 1.29 is 23.8 Å². The molecule has 0 aliphatic heterocycles. The number of carbonyl (C=O) groups is 2. The Morgan fingerprint density at radius 2 is 1.75 bits per heavy atom. The zero-order chi connectivity index (χ0) is 21.0. The fourth-order valence-corrected chi connectivity index (χ4v) is 2.14. The highest BCUT2D eigenvalue weighted by Crippen LogP contribution is 2.11. The average molecular weight is 395 g/mol. The summed E-state index contributed by atoms with van der Waals surface area (Å²) in [6.07, 6.45) is 1.85. The van der Waals surface area contributed by atoms with E-state index in [9.17, 15) is 9.59 Å². The molecular formula is C21H34N2O5. The highest BCUT2D eigenvalue weighted by Gasteiger charge is 2.19. The number of hydrogen-bond acceptors (Lipinski definition) is 6. The quantitative estimate of drug-likeness (QED) is 0.452. The van der Waals surface area contributed by atoms with Crippen molar-refractivity contribution in [3.05, 3.63) is 29.8 Å². The van der Waals surface area contributed by atoms with Crippen LogP contribution in [0.3, 0.4) is 0 Å². The van der Waals surface area contributed by atoms with Crippen LogP contribution in [0.1, 0.15) is 50.9 Å². The van der Waals surface area contributed by atoms with Crippen molar-refractivity contribution in [1.29, 1.82) is 0 Å². The fourth-order valence-electron chi connectivity index (χ4n) is 2.14. The van der Waals surface area contributed by atoms with E-state index >= 15 is 0 Å². The van der Waals surface area contributed by atoms with E-state index in [2.05, 4.69) is 12.2 Å². The molecule has 1 amide bonds. The van der Waals surface area contributed by atoms with E-state index in [0.29, 0.717) is 18.7 Å². The van der Waals surface area contributed by atoms with E-state index in [-0.39, 0.29) is 19.2 Å². The molecule has 1 aromatic carbocycles. The van der Waals surface area contributed by atoms with Crippen molar-refractivity contribution in [1.82, 2.24) is 4.90 Å². The Hall–Kier alpha value is -2.28. The van der Waals surface area contributed by atoms with Crippen LogP contribution < -0.4 is 5.32 Å². The molecule has 0 fully saturated rings. The minimum Gasteiger partial charge on any atom is -0.460 e. The van der Waals surface area contributed by atoms with Gasteiger partial charge in [0, 0.05) is 25.8 Å². The molecule has 1 aromatic rings. The average Bonchev–Trinajstić information content (AvgIpc) is 2.63. The molecule has 0 aliphatic rings. The SMILES string of the molecule is CCCCNc1ccc(C(=O)OCCOCCN(C)C(=O)OC(C)(C)C)cc1. The van der Waals surface area contributed by atoms with Crippen molar-refractivity contribution >= 4 is 17.7 Å². The molecule has 7 heteroatoms. The molecule has 0 aromatic heterocycles. The van der Waals surface area contributed by atoms with Gasteiger partial charge in [-0.15, -0.1) is 0 Å². The first-order chi connectivity index (χ1) is 13.2. The number of nitrogens with zero attached hydrogens (tertiary/aromatic N) is 1. The molecule has 0 aliphatic carbocycles. The molecule has 0 atom stereocenters. The highest BCUT2D eigenvalue weighted by molar-refractivity contribution is 5.89. The summed E-state index contributed by atoms with van der Waals surface area (Å²) in [5.74, 6) is -0.380. The van der Waals surface area contributed by atoms with Crippen LogP contribution in [-0.4, -0.2) is 62.5 Å². The van der Waals surface area contributed by atoms with Crippen LogP contribution in [0.15, 0.2) is 24.3 Å². The molecule has 0 unspecified atom stereocenters. The molecule has 28 heavy (non-hydrogen) atoms. The smallest absolute Gasteiger partial charge is 0.410 e. The predicted octanol–water partition coefficient (Wildman–Crippen LogP) is 3.94. The van der Waals surface area contributed by atoms with Crippen LogP contribution in [0.4, 0.5) is 10.5 Å². The molecule has 0 bridgehead atoms. The Bertz CT molecular complexity index is 596. The lowest BCUT2D eigenvalue weighted by Gasteiger charge is -2.24. The summed E-state index contributed by atoms with van der Waals surface area (Å²) in [6.45, 7) is 9.68. The van der Waals surface area contributed by atoms with Crippen molar-refractivity contribution in [2.75, 3.05) is 45.3 Å². The van der Waals surface area contributed by atoms with Gasteiger partial charge in [-0.3, -0.25) is 0 Å². The number of carbonyl (C=O) groups excluding carboxylic acids is 2. The molecule has 0 heterocycles. The van der Waals surface area contributed by atoms with Crippen molar-refractivity contribution in [2.24, 2.45) is 0 Å². The van der Waals surface area contributed by atoms with Gasteiger partial charge in [0.1, 0.15) is 12.2 Å². The van der Waals surface area contributed by atoms with Crippen molar-refractivity contribution in [3.63, 3.8) is 0 Å². The van der Waals surface area contributed by atoms with Gasteiger partial charge in [0.25, 0.3) is 0 Å². The predicted molar refractivity (Wildman–Crippen MR) is 110 cm³/mol. The lowest BCUT2D eigenvalue weighted by molar-refractivity contribution is 0.0163. The zero-order valence-corrected chi connectivity index (χ0v) is 17.7. The lowest BCUT2D eigenvalue weighted by atomic mass is 10.2. The molecule has 0 spiro atoms. The van der Waals surface area contributed by atoms with Gasteiger partial charge in [-0.2, -0.15) is 0 Å². The first kappa shape index (κ1) is 23.8. The molecule has 1 N–H and O–H groups in total. The van der Waals surface area contributed by atoms with E-state index < -0.39 is 11.7 Å². The van der Waals surface area contributed by atoms with Gasteiger partial charge in [0.15, 0.2) is 0 Å². The van der Waals surface area contributed by atoms with E-state index in [1.807, 2.05) is 32.9 Å². The number of unbranched alkanes of at least 4 members (excludes halogenated alkanes) is 1. The molecule has 7 nitrogen and oxygen atoms in total. The first-order valence-corrected chi connectivity index (χ1v) is 9.76. The number of hydrogen-bond donors (Lipinski definition) is 1. The van der Waals surface area contributed by atoms with Crippen molar-refractivity contribution in [2.45, 2.75) is 46.1 Å². The third kappa shape index (κ3) is 10.2. The maximum atomic E-state index is 12.0. The summed E-state index contributed by atoms with van der Waals surface area (Å²) < 4.78 is 15.9.